The van der Waals surface area contributed by atoms with Crippen molar-refractivity contribution in [2.75, 3.05) is 39.8 Å². The molecule has 5 heterocycles. The average molecular weight is 446 g/mol. The quantitative estimate of drug-likeness (QED) is 0.509. The predicted octanol–water partition coefficient (Wildman–Crippen LogP) is 3.48. The van der Waals surface area contributed by atoms with E-state index in [1.54, 1.807) is 17.5 Å². The van der Waals surface area contributed by atoms with Gasteiger partial charge in [0.2, 0.25) is 0 Å². The summed E-state index contributed by atoms with van der Waals surface area (Å²) < 4.78 is 3.49. The topological polar surface area (TPSA) is 65.9 Å². The van der Waals surface area contributed by atoms with Gasteiger partial charge in [-0.3, -0.25) is 5.10 Å². The van der Waals surface area contributed by atoms with E-state index in [4.69, 9.17) is 9.97 Å². The van der Waals surface area contributed by atoms with Gasteiger partial charge in [-0.2, -0.15) is 5.10 Å². The number of pyridine rings is 1. The third kappa shape index (κ3) is 3.85. The fourth-order valence-electron chi connectivity index (χ4n) is 4.21. The van der Waals surface area contributed by atoms with Crippen LogP contribution < -0.4 is 0 Å². The molecule has 0 spiro atoms. The zero-order valence-corrected chi connectivity index (χ0v) is 19.3. The number of piperazine rings is 1. The van der Waals surface area contributed by atoms with Crippen molar-refractivity contribution in [1.82, 2.24) is 34.5 Å². The van der Waals surface area contributed by atoms with E-state index in [0.29, 0.717) is 0 Å². The Morgan fingerprint density at radius 2 is 1.93 bits per heavy atom. The molecule has 0 saturated carbocycles. The van der Waals surface area contributed by atoms with Crippen molar-refractivity contribution < 1.29 is 0 Å². The van der Waals surface area contributed by atoms with E-state index in [1.165, 1.54) is 36.4 Å². The molecule has 4 aromatic rings. The average Bonchev–Trinajstić information content (AvgIpc) is 3.43. The van der Waals surface area contributed by atoms with Gasteiger partial charge in [-0.1, -0.05) is 0 Å². The van der Waals surface area contributed by atoms with E-state index in [0.717, 1.165) is 52.5 Å². The van der Waals surface area contributed by atoms with Gasteiger partial charge in [0.25, 0.3) is 0 Å². The van der Waals surface area contributed by atoms with Crippen LogP contribution in [-0.2, 0) is 13.5 Å². The SMILES string of the molecule is Cc1nc2cc(-c3ccn[nH]3)sc2c2c1nc(CCCN1CCN(C)CC1)n2C.Cl. The van der Waals surface area contributed by atoms with Gasteiger partial charge < -0.3 is 14.4 Å². The van der Waals surface area contributed by atoms with Gasteiger partial charge in [0.15, 0.2) is 0 Å². The molecule has 0 atom stereocenters. The third-order valence-corrected chi connectivity index (χ3v) is 7.15. The fourth-order valence-corrected chi connectivity index (χ4v) is 5.36. The van der Waals surface area contributed by atoms with Crippen LogP contribution in [-0.4, -0.2) is 74.3 Å². The van der Waals surface area contributed by atoms with Gasteiger partial charge in [-0.25, -0.2) is 9.97 Å². The van der Waals surface area contributed by atoms with Gasteiger partial charge in [0.1, 0.15) is 11.3 Å². The van der Waals surface area contributed by atoms with Crippen LogP contribution >= 0.6 is 23.7 Å². The summed E-state index contributed by atoms with van der Waals surface area (Å²) in [5.41, 5.74) is 5.32. The number of likely N-dealkylation sites (N-methyl/N-ethyl adjacent to an activating group) is 1. The van der Waals surface area contributed by atoms with Gasteiger partial charge >= 0.3 is 0 Å². The van der Waals surface area contributed by atoms with Gasteiger partial charge in [-0.15, -0.1) is 23.7 Å². The Kier molecular flexibility index (Phi) is 6.11. The lowest BCUT2D eigenvalue weighted by molar-refractivity contribution is 0.153. The highest BCUT2D eigenvalue weighted by Gasteiger charge is 2.18. The Bertz CT molecular complexity index is 1140. The number of H-pyrrole nitrogens is 1. The standard InChI is InChI=1S/C21H27N7S.ClH/c1-14-19-20(21-16(23-14)13-17(29-21)15-6-7-22-25-15)27(3)18(24-19)5-4-8-28-11-9-26(2)10-12-28;/h6-7,13H,4-5,8-12H2,1-3H3,(H,22,25);1H. The number of halogens is 1. The third-order valence-electron chi connectivity index (χ3n) is 5.98. The van der Waals surface area contributed by atoms with Crippen LogP contribution in [0.2, 0.25) is 0 Å². The van der Waals surface area contributed by atoms with Crippen molar-refractivity contribution in [3.63, 3.8) is 0 Å². The molecule has 1 saturated heterocycles. The molecule has 1 aliphatic rings. The van der Waals surface area contributed by atoms with Crippen LogP contribution in [0.15, 0.2) is 18.3 Å². The molecule has 4 aromatic heterocycles. The van der Waals surface area contributed by atoms with Crippen molar-refractivity contribution >= 4 is 45.0 Å². The summed E-state index contributed by atoms with van der Waals surface area (Å²) in [6.07, 6.45) is 3.92. The fraction of sp³-hybridized carbons (Fsp3) is 0.476. The molecule has 0 bridgehead atoms. The number of aromatic amines is 1. The number of aromatic nitrogens is 5. The number of aryl methyl sites for hydroxylation is 3. The minimum absolute atomic E-state index is 0. The highest BCUT2D eigenvalue weighted by Crippen LogP contribution is 2.37. The van der Waals surface area contributed by atoms with Crippen molar-refractivity contribution in [1.29, 1.82) is 0 Å². The summed E-state index contributed by atoms with van der Waals surface area (Å²) in [5, 5.41) is 7.14. The monoisotopic (exact) mass is 445 g/mol. The number of rotatable bonds is 5. The Labute approximate surface area is 186 Å². The number of thiophene rings is 1. The maximum Gasteiger partial charge on any atom is 0.111 e. The Hall–Kier alpha value is -2.00. The van der Waals surface area contributed by atoms with Crippen molar-refractivity contribution in [2.45, 2.75) is 19.8 Å². The number of fused-ring (bicyclic) bond motifs is 3. The molecule has 1 fully saturated rings. The molecule has 1 aliphatic heterocycles. The zero-order valence-electron chi connectivity index (χ0n) is 17.7. The lowest BCUT2D eigenvalue weighted by Crippen LogP contribution is -2.44. The predicted molar refractivity (Wildman–Crippen MR) is 126 cm³/mol. The number of hydrogen-bond acceptors (Lipinski definition) is 6. The molecule has 0 aromatic carbocycles. The number of nitrogens with zero attached hydrogens (tertiary/aromatic N) is 6. The van der Waals surface area contributed by atoms with E-state index < -0.39 is 0 Å². The normalized spacial score (nSPS) is 15.8. The van der Waals surface area contributed by atoms with E-state index in [2.05, 4.69) is 51.6 Å². The minimum atomic E-state index is 0. The highest BCUT2D eigenvalue weighted by atomic mass is 35.5. The lowest BCUT2D eigenvalue weighted by Gasteiger charge is -2.32. The van der Waals surface area contributed by atoms with Crippen LogP contribution in [0, 0.1) is 6.92 Å². The largest absolute Gasteiger partial charge is 0.330 e. The zero-order chi connectivity index (χ0) is 20.0. The second kappa shape index (κ2) is 8.63. The first-order chi connectivity index (χ1) is 14.1. The summed E-state index contributed by atoms with van der Waals surface area (Å²) in [6, 6.07) is 4.15. The minimum Gasteiger partial charge on any atom is -0.330 e. The molecule has 0 aliphatic carbocycles. The van der Waals surface area contributed by atoms with Crippen LogP contribution in [0.4, 0.5) is 0 Å². The highest BCUT2D eigenvalue weighted by molar-refractivity contribution is 7.23. The van der Waals surface area contributed by atoms with E-state index in [-0.39, 0.29) is 12.4 Å². The first kappa shape index (κ1) is 21.2. The summed E-state index contributed by atoms with van der Waals surface area (Å²) in [4.78, 5) is 16.0. The molecule has 9 heteroatoms. The maximum absolute atomic E-state index is 4.99. The van der Waals surface area contributed by atoms with E-state index in [9.17, 15) is 0 Å². The molecular formula is C21H28ClN7S. The smallest absolute Gasteiger partial charge is 0.111 e. The molecule has 1 N–H and O–H groups in total. The van der Waals surface area contributed by atoms with Crippen molar-refractivity contribution in [2.24, 2.45) is 7.05 Å². The Morgan fingerprint density at radius 1 is 1.13 bits per heavy atom. The molecular weight excluding hydrogens is 418 g/mol. The van der Waals surface area contributed by atoms with E-state index >= 15 is 0 Å². The Morgan fingerprint density at radius 3 is 2.67 bits per heavy atom. The summed E-state index contributed by atoms with van der Waals surface area (Å²) in [7, 11) is 4.35. The summed E-state index contributed by atoms with van der Waals surface area (Å²) in [6.45, 7) is 7.91. The second-order valence-electron chi connectivity index (χ2n) is 8.03. The Balaban J connectivity index is 0.00000218. The molecule has 5 rings (SSSR count). The molecule has 30 heavy (non-hydrogen) atoms. The molecule has 160 valence electrons. The first-order valence-corrected chi connectivity index (χ1v) is 11.1. The first-order valence-electron chi connectivity index (χ1n) is 10.3. The molecule has 0 unspecified atom stereocenters. The number of nitrogens with one attached hydrogen (secondary N) is 1. The summed E-state index contributed by atoms with van der Waals surface area (Å²) >= 11 is 1.76. The second-order valence-corrected chi connectivity index (χ2v) is 9.08. The van der Waals surface area contributed by atoms with Crippen LogP contribution in [0.3, 0.4) is 0 Å². The molecule has 7 nitrogen and oxygen atoms in total. The number of hydrogen-bond donors (Lipinski definition) is 1. The lowest BCUT2D eigenvalue weighted by atomic mass is 10.2. The van der Waals surface area contributed by atoms with Crippen molar-refractivity contribution in [3.8, 4) is 10.6 Å². The van der Waals surface area contributed by atoms with Crippen molar-refractivity contribution in [3.05, 3.63) is 29.8 Å². The molecule has 0 amide bonds. The van der Waals surface area contributed by atoms with E-state index in [1.807, 2.05) is 6.07 Å². The maximum atomic E-state index is 4.99. The van der Waals surface area contributed by atoms with Gasteiger partial charge in [-0.05, 0) is 39.1 Å². The van der Waals surface area contributed by atoms with Gasteiger partial charge in [0.05, 0.1) is 32.0 Å². The summed E-state index contributed by atoms with van der Waals surface area (Å²) in [5.74, 6) is 1.16. The number of imidazole rings is 1. The van der Waals surface area contributed by atoms with Crippen LogP contribution in [0.25, 0.3) is 31.8 Å². The molecule has 0 radical (unpaired) electrons. The van der Waals surface area contributed by atoms with Crippen LogP contribution in [0.5, 0.6) is 0 Å². The van der Waals surface area contributed by atoms with Gasteiger partial charge in [0, 0.05) is 45.8 Å². The van der Waals surface area contributed by atoms with Crippen LogP contribution in [0.1, 0.15) is 17.9 Å².